The Morgan fingerprint density at radius 2 is 1.58 bits per heavy atom. The molecule has 0 spiro atoms. The molecular weight excluding hydrogens is 248 g/mol. The lowest BCUT2D eigenvalue weighted by molar-refractivity contribution is 0.307. The van der Waals surface area contributed by atoms with Gasteiger partial charge in [0, 0.05) is 7.11 Å². The van der Waals surface area contributed by atoms with Crippen molar-refractivity contribution < 1.29 is 4.43 Å². The first-order valence-corrected chi connectivity index (χ1v) is 9.96. The highest BCUT2D eigenvalue weighted by Crippen LogP contribution is 2.58. The molecule has 0 saturated heterocycles. The molecule has 0 heterocycles. The Hall–Kier alpha value is -0.0831. The molecule has 1 saturated carbocycles. The molecule has 110 valence electrons. The number of fused-ring (bicyclic) bond motifs is 2. The molecule has 0 aromatic heterocycles. The predicted octanol–water partition coefficient (Wildman–Crippen LogP) is 5.39. The molecule has 2 bridgehead atoms. The second-order valence-electron chi connectivity index (χ2n) is 8.78. The molecule has 1 nitrogen and oxygen atoms in total. The van der Waals surface area contributed by atoms with Gasteiger partial charge in [-0.2, -0.15) is 0 Å². The maximum atomic E-state index is 6.35. The highest BCUT2D eigenvalue weighted by Gasteiger charge is 2.56. The van der Waals surface area contributed by atoms with Gasteiger partial charge in [0.25, 0.3) is 0 Å². The molecule has 0 aromatic carbocycles. The van der Waals surface area contributed by atoms with Crippen LogP contribution in [-0.2, 0) is 4.43 Å². The number of allylic oxidation sites excluding steroid dienone is 2. The average molecular weight is 281 g/mol. The summed E-state index contributed by atoms with van der Waals surface area (Å²) < 4.78 is 6.35. The van der Waals surface area contributed by atoms with Gasteiger partial charge in [-0.15, -0.1) is 0 Å². The SMILES string of the molecule is CO[Si](CC1CC2C=CC1C2)(C(C)(C)C)C(C)(C)C. The van der Waals surface area contributed by atoms with Crippen LogP contribution in [-0.4, -0.2) is 15.4 Å². The van der Waals surface area contributed by atoms with Crippen molar-refractivity contribution in [1.82, 2.24) is 0 Å². The molecule has 1 fully saturated rings. The average Bonchev–Trinajstić information content (AvgIpc) is 2.83. The van der Waals surface area contributed by atoms with Gasteiger partial charge in [-0.1, -0.05) is 53.7 Å². The Balaban J connectivity index is 2.26. The van der Waals surface area contributed by atoms with Crippen LogP contribution in [0.1, 0.15) is 54.4 Å². The Bertz CT molecular complexity index is 344. The third-order valence-electron chi connectivity index (χ3n) is 5.74. The van der Waals surface area contributed by atoms with Crippen LogP contribution in [0.15, 0.2) is 12.2 Å². The minimum atomic E-state index is -1.81. The van der Waals surface area contributed by atoms with Gasteiger partial charge in [0.15, 0.2) is 0 Å². The van der Waals surface area contributed by atoms with Gasteiger partial charge in [0.05, 0.1) is 0 Å². The van der Waals surface area contributed by atoms with Gasteiger partial charge >= 0.3 is 0 Å². The zero-order valence-electron chi connectivity index (χ0n) is 13.9. The summed E-state index contributed by atoms with van der Waals surface area (Å²) in [5.41, 5.74) is 0. The minimum Gasteiger partial charge on any atom is -0.419 e. The second-order valence-corrected chi connectivity index (χ2v) is 14.2. The first kappa shape index (κ1) is 15.3. The van der Waals surface area contributed by atoms with E-state index in [0.717, 1.165) is 17.8 Å². The summed E-state index contributed by atoms with van der Waals surface area (Å²) in [6.07, 6.45) is 7.75. The Labute approximate surface area is 120 Å². The summed E-state index contributed by atoms with van der Waals surface area (Å²) in [5, 5.41) is 0.594. The molecule has 0 N–H and O–H groups in total. The molecule has 2 aliphatic carbocycles. The maximum Gasteiger partial charge on any atom is 0.203 e. The molecule has 3 atom stereocenters. The van der Waals surface area contributed by atoms with Gasteiger partial charge in [0.2, 0.25) is 8.32 Å². The van der Waals surface area contributed by atoms with Crippen molar-refractivity contribution in [3.8, 4) is 0 Å². The quantitative estimate of drug-likeness (QED) is 0.497. The van der Waals surface area contributed by atoms with Crippen molar-refractivity contribution >= 4 is 8.32 Å². The van der Waals surface area contributed by atoms with Crippen molar-refractivity contribution in [2.75, 3.05) is 7.11 Å². The van der Waals surface area contributed by atoms with Crippen LogP contribution >= 0.6 is 0 Å². The van der Waals surface area contributed by atoms with Gasteiger partial charge in [-0.3, -0.25) is 0 Å². The first-order valence-electron chi connectivity index (χ1n) is 7.84. The fourth-order valence-electron chi connectivity index (χ4n) is 4.93. The van der Waals surface area contributed by atoms with Crippen LogP contribution < -0.4 is 0 Å². The van der Waals surface area contributed by atoms with Crippen molar-refractivity contribution in [3.05, 3.63) is 12.2 Å². The van der Waals surface area contributed by atoms with E-state index in [-0.39, 0.29) is 0 Å². The summed E-state index contributed by atoms with van der Waals surface area (Å²) in [6, 6.07) is 1.34. The highest BCUT2D eigenvalue weighted by atomic mass is 28.4. The largest absolute Gasteiger partial charge is 0.419 e. The zero-order chi connectivity index (χ0) is 14.5. The third kappa shape index (κ3) is 2.46. The molecule has 19 heavy (non-hydrogen) atoms. The van der Waals surface area contributed by atoms with Gasteiger partial charge in [-0.05, 0) is 46.7 Å². The normalized spacial score (nSPS) is 31.2. The Kier molecular flexibility index (Phi) is 3.81. The van der Waals surface area contributed by atoms with Crippen molar-refractivity contribution in [2.24, 2.45) is 17.8 Å². The van der Waals surface area contributed by atoms with Gasteiger partial charge in [-0.25, -0.2) is 0 Å². The van der Waals surface area contributed by atoms with E-state index >= 15 is 0 Å². The fraction of sp³-hybridized carbons (Fsp3) is 0.882. The molecule has 0 aromatic rings. The van der Waals surface area contributed by atoms with Crippen LogP contribution in [0.2, 0.25) is 16.1 Å². The van der Waals surface area contributed by atoms with Crippen molar-refractivity contribution in [3.63, 3.8) is 0 Å². The van der Waals surface area contributed by atoms with Crippen LogP contribution in [0.5, 0.6) is 0 Å². The lowest BCUT2D eigenvalue weighted by atomic mass is 9.96. The molecule has 0 amide bonds. The number of hydrogen-bond acceptors (Lipinski definition) is 1. The highest BCUT2D eigenvalue weighted by molar-refractivity contribution is 6.79. The lowest BCUT2D eigenvalue weighted by Crippen LogP contribution is -2.55. The van der Waals surface area contributed by atoms with Gasteiger partial charge in [0.1, 0.15) is 0 Å². The summed E-state index contributed by atoms with van der Waals surface area (Å²) in [7, 11) is 0.169. The van der Waals surface area contributed by atoms with Crippen LogP contribution in [0.3, 0.4) is 0 Å². The van der Waals surface area contributed by atoms with Crippen molar-refractivity contribution in [2.45, 2.75) is 70.5 Å². The number of rotatable bonds is 3. The van der Waals surface area contributed by atoms with E-state index in [1.165, 1.54) is 18.9 Å². The fourth-order valence-corrected chi connectivity index (χ4v) is 11.0. The third-order valence-corrected chi connectivity index (χ3v) is 12.4. The van der Waals surface area contributed by atoms with E-state index in [0.29, 0.717) is 10.1 Å². The molecule has 2 heteroatoms. The maximum absolute atomic E-state index is 6.35. The van der Waals surface area contributed by atoms with Crippen LogP contribution in [0.25, 0.3) is 0 Å². The topological polar surface area (TPSA) is 9.23 Å². The molecule has 0 radical (unpaired) electrons. The predicted molar refractivity (Wildman–Crippen MR) is 85.8 cm³/mol. The molecular formula is C17H32OSi. The standard InChI is InChI=1S/C17H32OSi/c1-16(2,3)19(18-7,17(4,5)6)12-15-11-13-8-9-14(15)10-13/h8-9,13-15H,10-12H2,1-7H3. The van der Waals surface area contributed by atoms with E-state index in [9.17, 15) is 0 Å². The molecule has 2 rings (SSSR count). The van der Waals surface area contributed by atoms with Crippen molar-refractivity contribution in [1.29, 1.82) is 0 Å². The smallest absolute Gasteiger partial charge is 0.203 e. The van der Waals surface area contributed by atoms with E-state index in [1.54, 1.807) is 0 Å². The zero-order valence-corrected chi connectivity index (χ0v) is 14.9. The van der Waals surface area contributed by atoms with Crippen LogP contribution in [0.4, 0.5) is 0 Å². The van der Waals surface area contributed by atoms with Gasteiger partial charge < -0.3 is 4.43 Å². The summed E-state index contributed by atoms with van der Waals surface area (Å²) >= 11 is 0. The summed E-state index contributed by atoms with van der Waals surface area (Å²) in [6.45, 7) is 14.4. The van der Waals surface area contributed by atoms with Crippen LogP contribution in [0, 0.1) is 17.8 Å². The van der Waals surface area contributed by atoms with E-state index in [1.807, 2.05) is 7.11 Å². The Morgan fingerprint density at radius 3 is 1.89 bits per heavy atom. The van der Waals surface area contributed by atoms with E-state index in [4.69, 9.17) is 4.43 Å². The van der Waals surface area contributed by atoms with E-state index in [2.05, 4.69) is 53.7 Å². The second kappa shape index (κ2) is 4.73. The molecule has 3 unspecified atom stereocenters. The minimum absolute atomic E-state index is 0.297. The van der Waals surface area contributed by atoms with E-state index < -0.39 is 8.32 Å². The summed E-state index contributed by atoms with van der Waals surface area (Å²) in [5.74, 6) is 2.59. The number of hydrogen-bond donors (Lipinski definition) is 0. The first-order chi connectivity index (χ1) is 8.61. The molecule has 2 aliphatic rings. The monoisotopic (exact) mass is 280 g/mol. The lowest BCUT2D eigenvalue weighted by Gasteiger charge is -2.51. The summed E-state index contributed by atoms with van der Waals surface area (Å²) in [4.78, 5) is 0. The Morgan fingerprint density at radius 1 is 1.00 bits per heavy atom. The molecule has 0 aliphatic heterocycles.